The molecular weight excluding hydrogens is 326 g/mol. The van der Waals surface area contributed by atoms with Crippen molar-refractivity contribution in [3.05, 3.63) is 59.2 Å². The number of nitrogens with one attached hydrogen (secondary N) is 2. The average Bonchev–Trinajstić information content (AvgIpc) is 2.67. The molecule has 2 heterocycles. The van der Waals surface area contributed by atoms with E-state index in [4.69, 9.17) is 0 Å². The van der Waals surface area contributed by atoms with E-state index in [2.05, 4.69) is 31.7 Å². The number of carbonyl (C=O) groups is 1. The van der Waals surface area contributed by atoms with Crippen LogP contribution in [0.1, 0.15) is 54.0 Å². The summed E-state index contributed by atoms with van der Waals surface area (Å²) in [4.78, 5) is 25.3. The predicted octanol–water partition coefficient (Wildman–Crippen LogP) is 3.41. The monoisotopic (exact) mass is 351 g/mol. The summed E-state index contributed by atoms with van der Waals surface area (Å²) in [6.45, 7) is 3.02. The third kappa shape index (κ3) is 5.37. The number of anilines is 1. The number of carbonyl (C=O) groups excluding carboxylic acids is 1. The van der Waals surface area contributed by atoms with Crippen molar-refractivity contribution in [1.29, 1.82) is 0 Å². The van der Waals surface area contributed by atoms with E-state index >= 15 is 0 Å². The SMILES string of the molecule is Cc1cc(C(=O)NCCC2=CCCCC2)nc(NCc2ccccn2)n1. The first-order valence-electron chi connectivity index (χ1n) is 9.16. The van der Waals surface area contributed by atoms with Crippen molar-refractivity contribution in [2.45, 2.75) is 45.6 Å². The van der Waals surface area contributed by atoms with Crippen LogP contribution in [0.4, 0.5) is 5.95 Å². The maximum atomic E-state index is 12.4. The normalized spacial score (nSPS) is 13.8. The molecule has 136 valence electrons. The van der Waals surface area contributed by atoms with Crippen molar-refractivity contribution in [3.8, 4) is 0 Å². The highest BCUT2D eigenvalue weighted by Gasteiger charge is 2.11. The summed E-state index contributed by atoms with van der Waals surface area (Å²) in [6, 6.07) is 7.44. The lowest BCUT2D eigenvalue weighted by atomic mass is 9.97. The van der Waals surface area contributed by atoms with Gasteiger partial charge in [-0.05, 0) is 57.2 Å². The molecule has 3 rings (SSSR count). The van der Waals surface area contributed by atoms with E-state index in [0.29, 0.717) is 24.7 Å². The Labute approximate surface area is 154 Å². The van der Waals surface area contributed by atoms with Crippen molar-refractivity contribution in [2.24, 2.45) is 0 Å². The molecule has 26 heavy (non-hydrogen) atoms. The highest BCUT2D eigenvalue weighted by molar-refractivity contribution is 5.92. The van der Waals surface area contributed by atoms with Crippen LogP contribution in [-0.4, -0.2) is 27.4 Å². The second-order valence-electron chi connectivity index (χ2n) is 6.51. The van der Waals surface area contributed by atoms with Gasteiger partial charge in [0.1, 0.15) is 5.69 Å². The zero-order chi connectivity index (χ0) is 18.2. The molecule has 0 aromatic carbocycles. The van der Waals surface area contributed by atoms with Crippen LogP contribution in [0.25, 0.3) is 0 Å². The number of pyridine rings is 1. The Morgan fingerprint density at radius 2 is 2.15 bits per heavy atom. The zero-order valence-corrected chi connectivity index (χ0v) is 15.2. The first-order valence-corrected chi connectivity index (χ1v) is 9.16. The van der Waals surface area contributed by atoms with Crippen LogP contribution < -0.4 is 10.6 Å². The lowest BCUT2D eigenvalue weighted by Crippen LogP contribution is -2.26. The molecule has 2 aromatic rings. The fraction of sp³-hybridized carbons (Fsp3) is 0.400. The smallest absolute Gasteiger partial charge is 0.270 e. The van der Waals surface area contributed by atoms with Gasteiger partial charge in [-0.1, -0.05) is 17.7 Å². The van der Waals surface area contributed by atoms with Crippen LogP contribution in [0.15, 0.2) is 42.1 Å². The minimum absolute atomic E-state index is 0.159. The maximum Gasteiger partial charge on any atom is 0.270 e. The molecule has 0 radical (unpaired) electrons. The predicted molar refractivity (Wildman–Crippen MR) is 102 cm³/mol. The molecule has 1 aliphatic rings. The first-order chi connectivity index (χ1) is 12.7. The van der Waals surface area contributed by atoms with Crippen molar-refractivity contribution in [2.75, 3.05) is 11.9 Å². The Balaban J connectivity index is 1.55. The van der Waals surface area contributed by atoms with E-state index in [1.165, 1.54) is 24.8 Å². The largest absolute Gasteiger partial charge is 0.350 e. The lowest BCUT2D eigenvalue weighted by Gasteiger charge is -2.13. The maximum absolute atomic E-state index is 12.4. The minimum Gasteiger partial charge on any atom is -0.350 e. The van der Waals surface area contributed by atoms with Gasteiger partial charge in [-0.2, -0.15) is 0 Å². The number of aromatic nitrogens is 3. The van der Waals surface area contributed by atoms with Gasteiger partial charge in [0.2, 0.25) is 5.95 Å². The summed E-state index contributed by atoms with van der Waals surface area (Å²) in [6.07, 6.45) is 9.84. The summed E-state index contributed by atoms with van der Waals surface area (Å²) in [7, 11) is 0. The molecule has 6 heteroatoms. The Hall–Kier alpha value is -2.76. The number of aryl methyl sites for hydroxylation is 1. The molecule has 1 amide bonds. The van der Waals surface area contributed by atoms with Crippen molar-refractivity contribution < 1.29 is 4.79 Å². The van der Waals surface area contributed by atoms with Gasteiger partial charge in [0.15, 0.2) is 0 Å². The topological polar surface area (TPSA) is 79.8 Å². The average molecular weight is 351 g/mol. The molecule has 6 nitrogen and oxygen atoms in total. The van der Waals surface area contributed by atoms with Gasteiger partial charge in [0, 0.05) is 18.4 Å². The van der Waals surface area contributed by atoms with Crippen LogP contribution in [0.2, 0.25) is 0 Å². The Kier molecular flexibility index (Phi) is 6.30. The number of nitrogens with zero attached hydrogens (tertiary/aromatic N) is 3. The highest BCUT2D eigenvalue weighted by atomic mass is 16.1. The summed E-state index contributed by atoms with van der Waals surface area (Å²) in [5.41, 5.74) is 3.49. The van der Waals surface area contributed by atoms with Crippen LogP contribution in [-0.2, 0) is 6.54 Å². The van der Waals surface area contributed by atoms with E-state index in [1.54, 1.807) is 12.3 Å². The van der Waals surface area contributed by atoms with E-state index in [-0.39, 0.29) is 5.91 Å². The lowest BCUT2D eigenvalue weighted by molar-refractivity contribution is 0.0949. The summed E-state index contributed by atoms with van der Waals surface area (Å²) >= 11 is 0. The van der Waals surface area contributed by atoms with Crippen LogP contribution >= 0.6 is 0 Å². The third-order valence-corrected chi connectivity index (χ3v) is 4.36. The van der Waals surface area contributed by atoms with Crippen LogP contribution in [0.5, 0.6) is 0 Å². The fourth-order valence-corrected chi connectivity index (χ4v) is 3.00. The third-order valence-electron chi connectivity index (χ3n) is 4.36. The molecule has 0 aliphatic heterocycles. The number of amides is 1. The van der Waals surface area contributed by atoms with E-state index in [0.717, 1.165) is 24.2 Å². The van der Waals surface area contributed by atoms with Gasteiger partial charge < -0.3 is 10.6 Å². The van der Waals surface area contributed by atoms with Crippen LogP contribution in [0, 0.1) is 6.92 Å². The number of allylic oxidation sites excluding steroid dienone is 1. The summed E-state index contributed by atoms with van der Waals surface area (Å²) in [5, 5.41) is 6.10. The molecule has 0 spiro atoms. The minimum atomic E-state index is -0.159. The molecule has 0 saturated carbocycles. The molecule has 0 saturated heterocycles. The number of rotatable bonds is 7. The highest BCUT2D eigenvalue weighted by Crippen LogP contribution is 2.19. The Morgan fingerprint density at radius 3 is 2.92 bits per heavy atom. The first kappa shape index (κ1) is 18.0. The Bertz CT molecular complexity index is 773. The summed E-state index contributed by atoms with van der Waals surface area (Å²) < 4.78 is 0. The van der Waals surface area contributed by atoms with Crippen molar-refractivity contribution in [3.63, 3.8) is 0 Å². The standard InChI is InChI=1S/C20H25N5O/c1-15-13-18(19(26)22-12-10-16-7-3-2-4-8-16)25-20(24-15)23-14-17-9-5-6-11-21-17/h5-7,9,11,13H,2-4,8,10,12,14H2,1H3,(H,22,26)(H,23,24,25). The Morgan fingerprint density at radius 1 is 1.23 bits per heavy atom. The molecular formula is C20H25N5O. The molecule has 0 bridgehead atoms. The second kappa shape index (κ2) is 9.08. The van der Waals surface area contributed by atoms with E-state index < -0.39 is 0 Å². The quantitative estimate of drug-likeness (QED) is 0.747. The fourth-order valence-electron chi connectivity index (χ4n) is 3.00. The number of hydrogen-bond acceptors (Lipinski definition) is 5. The van der Waals surface area contributed by atoms with Gasteiger partial charge in [-0.3, -0.25) is 9.78 Å². The summed E-state index contributed by atoms with van der Waals surface area (Å²) in [5.74, 6) is 0.281. The molecule has 2 aromatic heterocycles. The van der Waals surface area contributed by atoms with Gasteiger partial charge in [-0.25, -0.2) is 9.97 Å². The van der Waals surface area contributed by atoms with Crippen molar-refractivity contribution in [1.82, 2.24) is 20.3 Å². The molecule has 0 atom stereocenters. The number of hydrogen-bond donors (Lipinski definition) is 2. The van der Waals surface area contributed by atoms with Gasteiger partial charge in [0.05, 0.1) is 12.2 Å². The molecule has 1 aliphatic carbocycles. The second-order valence-corrected chi connectivity index (χ2v) is 6.51. The van der Waals surface area contributed by atoms with E-state index in [9.17, 15) is 4.79 Å². The molecule has 0 fully saturated rings. The van der Waals surface area contributed by atoms with Gasteiger partial charge in [0.25, 0.3) is 5.91 Å². The van der Waals surface area contributed by atoms with Gasteiger partial charge >= 0.3 is 0 Å². The van der Waals surface area contributed by atoms with Gasteiger partial charge in [-0.15, -0.1) is 0 Å². The van der Waals surface area contributed by atoms with E-state index in [1.807, 2.05) is 25.1 Å². The molecule has 0 unspecified atom stereocenters. The molecule has 2 N–H and O–H groups in total. The zero-order valence-electron chi connectivity index (χ0n) is 15.2. The van der Waals surface area contributed by atoms with Crippen LogP contribution in [0.3, 0.4) is 0 Å². The van der Waals surface area contributed by atoms with Crippen molar-refractivity contribution >= 4 is 11.9 Å².